The van der Waals surface area contributed by atoms with Gasteiger partial charge in [0, 0.05) is 55.8 Å². The second-order valence-electron chi connectivity index (χ2n) is 9.69. The zero-order chi connectivity index (χ0) is 27.2. The Morgan fingerprint density at radius 3 is 2.62 bits per heavy atom. The first kappa shape index (κ1) is 26.1. The molecule has 0 spiro atoms. The number of benzene rings is 3. The second-order valence-corrected chi connectivity index (χ2v) is 9.69. The highest BCUT2D eigenvalue weighted by Crippen LogP contribution is 2.30. The quantitative estimate of drug-likeness (QED) is 0.250. The predicted molar refractivity (Wildman–Crippen MR) is 150 cm³/mol. The van der Waals surface area contributed by atoms with Crippen LogP contribution in [0.4, 0.5) is 17.1 Å². The summed E-state index contributed by atoms with van der Waals surface area (Å²) in [6.45, 7) is 2.64. The van der Waals surface area contributed by atoms with Crippen LogP contribution in [-0.4, -0.2) is 42.5 Å². The molecule has 0 radical (unpaired) electrons. The van der Waals surface area contributed by atoms with Crippen molar-refractivity contribution in [2.75, 3.05) is 29.9 Å². The molecular formula is C30H30N4O5. The molecule has 1 saturated heterocycles. The lowest BCUT2D eigenvalue weighted by Gasteiger charge is -2.32. The normalized spacial score (nSPS) is 16.6. The SMILES string of the molecule is O=C(/C=C/c1ccc([N+](=O)[O-])cc1)Nc1ccc(N2CCc3ccccc3C2)c(C(=O)NCC2CCCO2)c1. The molecule has 2 amide bonds. The summed E-state index contributed by atoms with van der Waals surface area (Å²) in [5.41, 5.74) is 5.00. The average molecular weight is 527 g/mol. The highest BCUT2D eigenvalue weighted by atomic mass is 16.6. The van der Waals surface area contributed by atoms with E-state index in [-0.39, 0.29) is 23.6 Å². The Morgan fingerprint density at radius 1 is 1.08 bits per heavy atom. The lowest BCUT2D eigenvalue weighted by atomic mass is 9.98. The van der Waals surface area contributed by atoms with Gasteiger partial charge in [0.2, 0.25) is 5.91 Å². The second kappa shape index (κ2) is 11.9. The van der Waals surface area contributed by atoms with Gasteiger partial charge in [-0.15, -0.1) is 0 Å². The number of amides is 2. The van der Waals surface area contributed by atoms with Crippen LogP contribution < -0.4 is 15.5 Å². The van der Waals surface area contributed by atoms with Gasteiger partial charge in [0.25, 0.3) is 11.6 Å². The fourth-order valence-electron chi connectivity index (χ4n) is 4.94. The molecule has 39 heavy (non-hydrogen) atoms. The van der Waals surface area contributed by atoms with Crippen molar-refractivity contribution < 1.29 is 19.2 Å². The van der Waals surface area contributed by atoms with Crippen molar-refractivity contribution in [2.24, 2.45) is 0 Å². The molecule has 1 atom stereocenters. The monoisotopic (exact) mass is 526 g/mol. The zero-order valence-electron chi connectivity index (χ0n) is 21.5. The number of nitro groups is 1. The van der Waals surface area contributed by atoms with Crippen LogP contribution >= 0.6 is 0 Å². The number of carbonyl (C=O) groups excluding carboxylic acids is 2. The van der Waals surface area contributed by atoms with Gasteiger partial charge in [0.15, 0.2) is 0 Å². The molecule has 5 rings (SSSR count). The van der Waals surface area contributed by atoms with E-state index < -0.39 is 4.92 Å². The number of non-ortho nitro benzene ring substituents is 1. The fourth-order valence-corrected chi connectivity index (χ4v) is 4.94. The number of hydrogen-bond donors (Lipinski definition) is 2. The molecule has 3 aromatic rings. The summed E-state index contributed by atoms with van der Waals surface area (Å²) in [7, 11) is 0. The Bertz CT molecular complexity index is 1400. The summed E-state index contributed by atoms with van der Waals surface area (Å²) < 4.78 is 5.66. The number of hydrogen-bond acceptors (Lipinski definition) is 6. The Labute approximate surface area is 226 Å². The number of rotatable bonds is 8. The summed E-state index contributed by atoms with van der Waals surface area (Å²) in [5, 5.41) is 16.7. The van der Waals surface area contributed by atoms with Crippen LogP contribution in [0.3, 0.4) is 0 Å². The number of nitrogens with one attached hydrogen (secondary N) is 2. The first-order chi connectivity index (χ1) is 19.0. The maximum atomic E-state index is 13.4. The molecule has 1 unspecified atom stereocenters. The van der Waals surface area contributed by atoms with Crippen molar-refractivity contribution in [3.8, 4) is 0 Å². The minimum atomic E-state index is -0.471. The molecule has 2 aliphatic heterocycles. The molecule has 0 bridgehead atoms. The van der Waals surface area contributed by atoms with Crippen LogP contribution in [-0.2, 0) is 22.5 Å². The van der Waals surface area contributed by atoms with E-state index in [0.29, 0.717) is 36.5 Å². The number of carbonyl (C=O) groups is 2. The van der Waals surface area contributed by atoms with E-state index in [4.69, 9.17) is 4.74 Å². The Balaban J connectivity index is 1.33. The Kier molecular flexibility index (Phi) is 7.98. The Morgan fingerprint density at radius 2 is 1.87 bits per heavy atom. The van der Waals surface area contributed by atoms with Gasteiger partial charge in [-0.1, -0.05) is 24.3 Å². The number of nitrogens with zero attached hydrogens (tertiary/aromatic N) is 2. The van der Waals surface area contributed by atoms with Crippen LogP contribution in [0, 0.1) is 10.1 Å². The van der Waals surface area contributed by atoms with E-state index in [2.05, 4.69) is 27.7 Å². The zero-order valence-corrected chi connectivity index (χ0v) is 21.5. The largest absolute Gasteiger partial charge is 0.376 e. The topological polar surface area (TPSA) is 114 Å². The van der Waals surface area contributed by atoms with Gasteiger partial charge in [0.05, 0.1) is 16.6 Å². The van der Waals surface area contributed by atoms with E-state index in [1.807, 2.05) is 18.2 Å². The molecule has 0 aromatic heterocycles. The molecule has 0 saturated carbocycles. The van der Waals surface area contributed by atoms with Crippen LogP contribution in [0.1, 0.15) is 39.9 Å². The number of ether oxygens (including phenoxy) is 1. The van der Waals surface area contributed by atoms with Crippen molar-refractivity contribution in [3.63, 3.8) is 0 Å². The highest BCUT2D eigenvalue weighted by molar-refractivity contribution is 6.05. The van der Waals surface area contributed by atoms with Crippen molar-refractivity contribution in [2.45, 2.75) is 31.9 Å². The smallest absolute Gasteiger partial charge is 0.269 e. The Hall–Kier alpha value is -4.50. The third kappa shape index (κ3) is 6.50. The third-order valence-corrected chi connectivity index (χ3v) is 7.03. The summed E-state index contributed by atoms with van der Waals surface area (Å²) in [4.78, 5) is 38.6. The van der Waals surface area contributed by atoms with Crippen LogP contribution in [0.5, 0.6) is 0 Å². The van der Waals surface area contributed by atoms with E-state index in [1.165, 1.54) is 29.3 Å². The van der Waals surface area contributed by atoms with E-state index >= 15 is 0 Å². The molecule has 2 heterocycles. The third-order valence-electron chi connectivity index (χ3n) is 7.03. The van der Waals surface area contributed by atoms with Gasteiger partial charge < -0.3 is 20.3 Å². The summed E-state index contributed by atoms with van der Waals surface area (Å²) in [6, 6.07) is 19.6. The standard InChI is InChI=1S/C30H30N4O5/c35-29(14-9-21-7-11-25(12-8-21)34(37)38)32-24-10-13-28(33-16-15-22-4-1-2-5-23(22)20-33)27(18-24)30(36)31-19-26-6-3-17-39-26/h1-2,4-5,7-14,18,26H,3,6,15-17,19-20H2,(H,31,36)(H,32,35)/b14-9+. The lowest BCUT2D eigenvalue weighted by Crippen LogP contribution is -2.35. The van der Waals surface area contributed by atoms with Crippen LogP contribution in [0.25, 0.3) is 6.08 Å². The fraction of sp³-hybridized carbons (Fsp3) is 0.267. The maximum absolute atomic E-state index is 13.4. The molecule has 2 N–H and O–H groups in total. The summed E-state index contributed by atoms with van der Waals surface area (Å²) in [6.07, 6.45) is 5.76. The van der Waals surface area contributed by atoms with Gasteiger partial charge in [-0.2, -0.15) is 0 Å². The van der Waals surface area contributed by atoms with E-state index in [1.54, 1.807) is 30.3 Å². The first-order valence-corrected chi connectivity index (χ1v) is 13.1. The average Bonchev–Trinajstić information content (AvgIpc) is 3.48. The first-order valence-electron chi connectivity index (χ1n) is 13.1. The summed E-state index contributed by atoms with van der Waals surface area (Å²) in [5.74, 6) is -0.587. The maximum Gasteiger partial charge on any atom is 0.269 e. The van der Waals surface area contributed by atoms with Crippen molar-refractivity contribution in [3.05, 3.63) is 105 Å². The molecule has 200 valence electrons. The van der Waals surface area contributed by atoms with Gasteiger partial charge in [-0.05, 0) is 72.4 Å². The van der Waals surface area contributed by atoms with Crippen molar-refractivity contribution >= 4 is 35.0 Å². The van der Waals surface area contributed by atoms with Crippen LogP contribution in [0.2, 0.25) is 0 Å². The molecule has 9 nitrogen and oxygen atoms in total. The lowest BCUT2D eigenvalue weighted by molar-refractivity contribution is -0.384. The van der Waals surface area contributed by atoms with Crippen molar-refractivity contribution in [1.82, 2.24) is 5.32 Å². The minimum Gasteiger partial charge on any atom is -0.376 e. The summed E-state index contributed by atoms with van der Waals surface area (Å²) >= 11 is 0. The van der Waals surface area contributed by atoms with Gasteiger partial charge in [-0.25, -0.2) is 0 Å². The van der Waals surface area contributed by atoms with Crippen molar-refractivity contribution in [1.29, 1.82) is 0 Å². The highest BCUT2D eigenvalue weighted by Gasteiger charge is 2.23. The number of nitro benzene ring substituents is 1. The minimum absolute atomic E-state index is 0.0146. The number of fused-ring (bicyclic) bond motifs is 1. The van der Waals surface area contributed by atoms with E-state index in [9.17, 15) is 19.7 Å². The number of anilines is 2. The van der Waals surface area contributed by atoms with Crippen LogP contribution in [0.15, 0.2) is 72.8 Å². The molecule has 2 aliphatic rings. The molecular weight excluding hydrogens is 496 g/mol. The van der Waals surface area contributed by atoms with Gasteiger partial charge >= 0.3 is 0 Å². The van der Waals surface area contributed by atoms with Gasteiger partial charge in [0.1, 0.15) is 0 Å². The molecule has 1 fully saturated rings. The molecule has 0 aliphatic carbocycles. The van der Waals surface area contributed by atoms with E-state index in [0.717, 1.165) is 31.5 Å². The molecule has 3 aromatic carbocycles. The van der Waals surface area contributed by atoms with Gasteiger partial charge in [-0.3, -0.25) is 19.7 Å². The molecule has 9 heteroatoms. The predicted octanol–water partition coefficient (Wildman–Crippen LogP) is 4.72.